The SMILES string of the molecule is c1ccc(-c2cn(C3COC4C(NCc5ccco5)COC43)nn2)nc1. The van der Waals surface area contributed by atoms with Crippen LogP contribution in [0.15, 0.2) is 53.4 Å². The average Bonchev–Trinajstić information content (AvgIpc) is 3.44. The van der Waals surface area contributed by atoms with Crippen molar-refractivity contribution in [3.8, 4) is 11.4 Å². The topological polar surface area (TPSA) is 87.2 Å². The molecule has 4 atom stereocenters. The first kappa shape index (κ1) is 15.7. The van der Waals surface area contributed by atoms with Crippen molar-refractivity contribution >= 4 is 0 Å². The highest BCUT2D eigenvalue weighted by atomic mass is 16.6. The zero-order valence-corrected chi connectivity index (χ0v) is 14.1. The van der Waals surface area contributed by atoms with Crippen molar-refractivity contribution in [2.75, 3.05) is 13.2 Å². The van der Waals surface area contributed by atoms with Crippen LogP contribution in [0.5, 0.6) is 0 Å². The second-order valence-electron chi connectivity index (χ2n) is 6.53. The van der Waals surface area contributed by atoms with E-state index in [9.17, 15) is 0 Å². The maximum absolute atomic E-state index is 6.02. The summed E-state index contributed by atoms with van der Waals surface area (Å²) in [4.78, 5) is 4.32. The third-order valence-corrected chi connectivity index (χ3v) is 4.92. The quantitative estimate of drug-likeness (QED) is 0.742. The van der Waals surface area contributed by atoms with Gasteiger partial charge in [0.1, 0.15) is 29.7 Å². The Labute approximate surface area is 150 Å². The van der Waals surface area contributed by atoms with E-state index in [-0.39, 0.29) is 24.3 Å². The minimum absolute atomic E-state index is 0.00235. The summed E-state index contributed by atoms with van der Waals surface area (Å²) >= 11 is 0. The molecule has 1 N–H and O–H groups in total. The second-order valence-corrected chi connectivity index (χ2v) is 6.53. The molecular weight excluding hydrogens is 334 g/mol. The van der Waals surface area contributed by atoms with Gasteiger partial charge in [0, 0.05) is 6.20 Å². The van der Waals surface area contributed by atoms with Crippen molar-refractivity contribution in [2.24, 2.45) is 0 Å². The summed E-state index contributed by atoms with van der Waals surface area (Å²) in [5.41, 5.74) is 1.55. The van der Waals surface area contributed by atoms with Crippen molar-refractivity contribution < 1.29 is 13.9 Å². The van der Waals surface area contributed by atoms with Gasteiger partial charge in [0.05, 0.1) is 44.0 Å². The third kappa shape index (κ3) is 2.82. The van der Waals surface area contributed by atoms with Crippen molar-refractivity contribution in [1.29, 1.82) is 0 Å². The van der Waals surface area contributed by atoms with Crippen molar-refractivity contribution in [1.82, 2.24) is 25.3 Å². The maximum Gasteiger partial charge on any atom is 0.131 e. The first-order valence-corrected chi connectivity index (χ1v) is 8.71. The zero-order chi connectivity index (χ0) is 17.3. The molecule has 0 spiro atoms. The van der Waals surface area contributed by atoms with Gasteiger partial charge in [-0.05, 0) is 24.3 Å². The summed E-state index contributed by atoms with van der Waals surface area (Å²) < 4.78 is 19.2. The molecule has 2 aliphatic rings. The molecule has 2 fully saturated rings. The standard InChI is InChI=1S/C18H19N5O3/c1-2-6-19-13(5-1)14-9-23(22-21-14)16-11-26-17-15(10-25-18(16)17)20-8-12-4-3-7-24-12/h1-7,9,15-18,20H,8,10-11H2. The molecular formula is C18H19N5O3. The fourth-order valence-corrected chi connectivity index (χ4v) is 3.60. The van der Waals surface area contributed by atoms with Gasteiger partial charge in [0.25, 0.3) is 0 Å². The van der Waals surface area contributed by atoms with E-state index in [1.807, 2.05) is 41.2 Å². The van der Waals surface area contributed by atoms with Crippen molar-refractivity contribution in [2.45, 2.75) is 30.8 Å². The Morgan fingerprint density at radius 1 is 1.08 bits per heavy atom. The summed E-state index contributed by atoms with van der Waals surface area (Å²) in [6, 6.07) is 9.72. The Morgan fingerprint density at radius 2 is 2.04 bits per heavy atom. The van der Waals surface area contributed by atoms with Crippen LogP contribution in [0.1, 0.15) is 11.8 Å². The van der Waals surface area contributed by atoms with Gasteiger partial charge in [-0.2, -0.15) is 0 Å². The number of fused-ring (bicyclic) bond motifs is 1. The molecule has 0 aliphatic carbocycles. The summed E-state index contributed by atoms with van der Waals surface area (Å²) in [7, 11) is 0. The second kappa shape index (κ2) is 6.64. The number of hydrogen-bond donors (Lipinski definition) is 1. The number of aromatic nitrogens is 4. The molecule has 0 radical (unpaired) electrons. The fourth-order valence-electron chi connectivity index (χ4n) is 3.60. The van der Waals surface area contributed by atoms with Crippen LogP contribution in [0.3, 0.4) is 0 Å². The van der Waals surface area contributed by atoms with E-state index in [1.165, 1.54) is 0 Å². The number of furan rings is 1. The number of rotatable bonds is 5. The Morgan fingerprint density at radius 3 is 2.88 bits per heavy atom. The van der Waals surface area contributed by atoms with Crippen LogP contribution in [-0.2, 0) is 16.0 Å². The molecule has 2 saturated heterocycles. The molecule has 5 rings (SSSR count). The van der Waals surface area contributed by atoms with Crippen molar-refractivity contribution in [3.63, 3.8) is 0 Å². The lowest BCUT2D eigenvalue weighted by molar-refractivity contribution is 0.0619. The molecule has 0 aromatic carbocycles. The fraction of sp³-hybridized carbons (Fsp3) is 0.389. The minimum Gasteiger partial charge on any atom is -0.468 e. The lowest BCUT2D eigenvalue weighted by Gasteiger charge is -2.17. The van der Waals surface area contributed by atoms with Gasteiger partial charge in [0.15, 0.2) is 0 Å². The van der Waals surface area contributed by atoms with Gasteiger partial charge in [-0.15, -0.1) is 5.10 Å². The summed E-state index contributed by atoms with van der Waals surface area (Å²) in [5.74, 6) is 0.902. The van der Waals surface area contributed by atoms with Crippen LogP contribution >= 0.6 is 0 Å². The van der Waals surface area contributed by atoms with E-state index >= 15 is 0 Å². The third-order valence-electron chi connectivity index (χ3n) is 4.92. The number of pyridine rings is 1. The van der Waals surface area contributed by atoms with E-state index in [0.29, 0.717) is 19.8 Å². The molecule has 5 heterocycles. The number of ether oxygens (including phenoxy) is 2. The van der Waals surface area contributed by atoms with E-state index < -0.39 is 0 Å². The van der Waals surface area contributed by atoms with Gasteiger partial charge in [-0.3, -0.25) is 4.98 Å². The van der Waals surface area contributed by atoms with Crippen molar-refractivity contribution in [3.05, 3.63) is 54.7 Å². The lowest BCUT2D eigenvalue weighted by Crippen LogP contribution is -2.40. The zero-order valence-electron chi connectivity index (χ0n) is 14.1. The largest absolute Gasteiger partial charge is 0.468 e. The Balaban J connectivity index is 1.27. The Bertz CT molecular complexity index is 851. The van der Waals surface area contributed by atoms with Crippen LogP contribution in [0.2, 0.25) is 0 Å². The molecule has 0 bridgehead atoms. The first-order valence-electron chi connectivity index (χ1n) is 8.71. The maximum atomic E-state index is 6.02. The molecule has 8 heteroatoms. The van der Waals surface area contributed by atoms with Gasteiger partial charge < -0.3 is 19.2 Å². The van der Waals surface area contributed by atoms with Gasteiger partial charge in [-0.25, -0.2) is 4.68 Å². The summed E-state index contributed by atoms with van der Waals surface area (Å²) in [6.07, 6.45) is 5.29. The van der Waals surface area contributed by atoms with Gasteiger partial charge in [-0.1, -0.05) is 11.3 Å². The highest BCUT2D eigenvalue weighted by molar-refractivity contribution is 5.51. The van der Waals surface area contributed by atoms with Crippen LogP contribution in [-0.4, -0.2) is 51.4 Å². The van der Waals surface area contributed by atoms with Crippen LogP contribution in [0.4, 0.5) is 0 Å². The number of hydrogen-bond acceptors (Lipinski definition) is 7. The molecule has 0 saturated carbocycles. The first-order chi connectivity index (χ1) is 12.9. The van der Waals surface area contributed by atoms with Gasteiger partial charge >= 0.3 is 0 Å². The predicted octanol–water partition coefficient (Wildman–Crippen LogP) is 1.43. The molecule has 2 aliphatic heterocycles. The molecule has 0 amide bonds. The molecule has 8 nitrogen and oxygen atoms in total. The van der Waals surface area contributed by atoms with E-state index in [0.717, 1.165) is 17.1 Å². The van der Waals surface area contributed by atoms with E-state index in [1.54, 1.807) is 12.5 Å². The smallest absolute Gasteiger partial charge is 0.131 e. The predicted molar refractivity (Wildman–Crippen MR) is 91.1 cm³/mol. The Kier molecular flexibility index (Phi) is 4.00. The normalized spacial score (nSPS) is 27.7. The molecule has 134 valence electrons. The molecule has 4 unspecified atom stereocenters. The van der Waals surface area contributed by atoms with Crippen LogP contribution < -0.4 is 5.32 Å². The average molecular weight is 353 g/mol. The highest BCUT2D eigenvalue weighted by Crippen LogP contribution is 2.34. The minimum atomic E-state index is -0.0395. The van der Waals surface area contributed by atoms with E-state index in [4.69, 9.17) is 13.9 Å². The van der Waals surface area contributed by atoms with Crippen LogP contribution in [0, 0.1) is 0 Å². The number of nitrogens with one attached hydrogen (secondary N) is 1. The molecule has 3 aromatic heterocycles. The Hall–Kier alpha value is -2.55. The van der Waals surface area contributed by atoms with E-state index in [2.05, 4.69) is 20.6 Å². The summed E-state index contributed by atoms with van der Waals surface area (Å²) in [6.45, 7) is 1.82. The monoisotopic (exact) mass is 353 g/mol. The lowest BCUT2D eigenvalue weighted by atomic mass is 10.1. The number of nitrogens with zero attached hydrogens (tertiary/aromatic N) is 4. The van der Waals surface area contributed by atoms with Crippen LogP contribution in [0.25, 0.3) is 11.4 Å². The molecule has 3 aromatic rings. The molecule has 26 heavy (non-hydrogen) atoms. The summed E-state index contributed by atoms with van der Waals surface area (Å²) in [5, 5.41) is 12.0. The van der Waals surface area contributed by atoms with Gasteiger partial charge in [0.2, 0.25) is 0 Å². The highest BCUT2D eigenvalue weighted by Gasteiger charge is 2.48.